The quantitative estimate of drug-likeness (QED) is 0.844. The van der Waals surface area contributed by atoms with Gasteiger partial charge in [0.25, 0.3) is 0 Å². The minimum Gasteiger partial charge on any atom is -0.320 e. The Labute approximate surface area is 121 Å². The smallest absolute Gasteiger partial charge is 0.320 e. The van der Waals surface area contributed by atoms with Crippen molar-refractivity contribution in [3.63, 3.8) is 0 Å². The number of aromatic nitrogens is 1. The van der Waals surface area contributed by atoms with E-state index in [1.807, 2.05) is 0 Å². The summed E-state index contributed by atoms with van der Waals surface area (Å²) in [5.41, 5.74) is 3.73. The van der Waals surface area contributed by atoms with Gasteiger partial charge in [0.05, 0.1) is 17.2 Å². The van der Waals surface area contributed by atoms with E-state index in [0.29, 0.717) is 0 Å². The predicted molar refractivity (Wildman–Crippen MR) is 66.7 cm³/mol. The van der Waals surface area contributed by atoms with Crippen LogP contribution < -0.4 is 5.73 Å². The third-order valence-corrected chi connectivity index (χ3v) is 3.09. The van der Waals surface area contributed by atoms with Crippen LogP contribution in [0.5, 0.6) is 0 Å². The largest absolute Gasteiger partial charge is 0.416 e. The highest BCUT2D eigenvalue weighted by atomic mass is 19.4. The standard InChI is InChI=1S/C14H10F6N2/c15-13(16,17)9-3-1-8(2-4-9)12(21)10-7-22-6-5-11(10)14(18,19)20/h1-7,12H,21H2/t12-/m0/s1. The molecule has 22 heavy (non-hydrogen) atoms. The third kappa shape index (κ3) is 3.38. The highest BCUT2D eigenvalue weighted by Crippen LogP contribution is 2.36. The van der Waals surface area contributed by atoms with E-state index in [-0.39, 0.29) is 11.1 Å². The van der Waals surface area contributed by atoms with E-state index >= 15 is 0 Å². The van der Waals surface area contributed by atoms with Crippen LogP contribution in [0.2, 0.25) is 0 Å². The van der Waals surface area contributed by atoms with Gasteiger partial charge in [-0.15, -0.1) is 0 Å². The van der Waals surface area contributed by atoms with Crippen LogP contribution in [0.25, 0.3) is 0 Å². The molecule has 2 N–H and O–H groups in total. The number of pyridine rings is 1. The monoisotopic (exact) mass is 320 g/mol. The van der Waals surface area contributed by atoms with E-state index in [4.69, 9.17) is 5.73 Å². The summed E-state index contributed by atoms with van der Waals surface area (Å²) in [5.74, 6) is 0. The number of halogens is 6. The number of alkyl halides is 6. The zero-order valence-corrected chi connectivity index (χ0v) is 10.9. The Kier molecular flexibility index (Phi) is 4.15. The summed E-state index contributed by atoms with van der Waals surface area (Å²) in [6.45, 7) is 0. The van der Waals surface area contributed by atoms with Crippen molar-refractivity contribution in [1.82, 2.24) is 4.98 Å². The van der Waals surface area contributed by atoms with Crippen molar-refractivity contribution in [2.45, 2.75) is 18.4 Å². The molecule has 2 rings (SSSR count). The third-order valence-electron chi connectivity index (χ3n) is 3.09. The van der Waals surface area contributed by atoms with Crippen LogP contribution in [0.3, 0.4) is 0 Å². The summed E-state index contributed by atoms with van der Waals surface area (Å²) in [5, 5.41) is 0. The molecule has 1 atom stereocenters. The second kappa shape index (κ2) is 5.60. The Morgan fingerprint density at radius 1 is 0.864 bits per heavy atom. The first-order chi connectivity index (χ1) is 10.1. The Morgan fingerprint density at radius 3 is 1.95 bits per heavy atom. The lowest BCUT2D eigenvalue weighted by Gasteiger charge is -2.18. The number of rotatable bonds is 2. The summed E-state index contributed by atoms with van der Waals surface area (Å²) >= 11 is 0. The maximum atomic E-state index is 12.9. The maximum Gasteiger partial charge on any atom is 0.416 e. The van der Waals surface area contributed by atoms with Gasteiger partial charge in [-0.3, -0.25) is 4.98 Å². The lowest BCUT2D eigenvalue weighted by molar-refractivity contribution is -0.138. The van der Waals surface area contributed by atoms with Crippen molar-refractivity contribution in [1.29, 1.82) is 0 Å². The van der Waals surface area contributed by atoms with Crippen molar-refractivity contribution in [2.24, 2.45) is 5.73 Å². The lowest BCUT2D eigenvalue weighted by atomic mass is 9.96. The van der Waals surface area contributed by atoms with Crippen LogP contribution in [0.15, 0.2) is 42.7 Å². The van der Waals surface area contributed by atoms with Crippen LogP contribution in [0, 0.1) is 0 Å². The second-order valence-corrected chi connectivity index (χ2v) is 4.56. The van der Waals surface area contributed by atoms with Crippen molar-refractivity contribution < 1.29 is 26.3 Å². The van der Waals surface area contributed by atoms with Gasteiger partial charge < -0.3 is 5.73 Å². The molecule has 0 saturated carbocycles. The molecule has 0 spiro atoms. The van der Waals surface area contributed by atoms with Crippen molar-refractivity contribution in [2.75, 3.05) is 0 Å². The average molecular weight is 320 g/mol. The molecule has 2 nitrogen and oxygen atoms in total. The van der Waals surface area contributed by atoms with E-state index in [9.17, 15) is 26.3 Å². The van der Waals surface area contributed by atoms with Crippen LogP contribution in [0.4, 0.5) is 26.3 Å². The fraction of sp³-hybridized carbons (Fsp3) is 0.214. The molecule has 0 radical (unpaired) electrons. The van der Waals surface area contributed by atoms with Gasteiger partial charge in [-0.2, -0.15) is 26.3 Å². The van der Waals surface area contributed by atoms with E-state index in [1.54, 1.807) is 0 Å². The summed E-state index contributed by atoms with van der Waals surface area (Å²) in [7, 11) is 0. The maximum absolute atomic E-state index is 12.9. The molecule has 0 fully saturated rings. The Morgan fingerprint density at radius 2 is 1.45 bits per heavy atom. The van der Waals surface area contributed by atoms with Crippen LogP contribution >= 0.6 is 0 Å². The molecule has 0 bridgehead atoms. The number of benzene rings is 1. The molecule has 0 aliphatic rings. The summed E-state index contributed by atoms with van der Waals surface area (Å²) < 4.78 is 76.2. The molecular weight excluding hydrogens is 310 g/mol. The van der Waals surface area contributed by atoms with E-state index in [0.717, 1.165) is 42.7 Å². The number of hydrogen-bond donors (Lipinski definition) is 1. The molecule has 2 aromatic rings. The first-order valence-corrected chi connectivity index (χ1v) is 6.04. The zero-order valence-electron chi connectivity index (χ0n) is 10.9. The highest BCUT2D eigenvalue weighted by Gasteiger charge is 2.35. The van der Waals surface area contributed by atoms with Gasteiger partial charge in [0.15, 0.2) is 0 Å². The first kappa shape index (κ1) is 16.3. The average Bonchev–Trinajstić information content (AvgIpc) is 2.45. The molecular formula is C14H10F6N2. The number of nitrogens with zero attached hydrogens (tertiary/aromatic N) is 1. The number of nitrogens with two attached hydrogens (primary N) is 1. The Bertz CT molecular complexity index is 646. The number of hydrogen-bond acceptors (Lipinski definition) is 2. The summed E-state index contributed by atoms with van der Waals surface area (Å²) in [4.78, 5) is 3.60. The van der Waals surface area contributed by atoms with Crippen LogP contribution in [0.1, 0.15) is 28.3 Å². The molecule has 1 aromatic heterocycles. The van der Waals surface area contributed by atoms with Crippen molar-refractivity contribution >= 4 is 0 Å². The normalized spacial score (nSPS) is 14.0. The second-order valence-electron chi connectivity index (χ2n) is 4.56. The van der Waals surface area contributed by atoms with Crippen molar-refractivity contribution in [3.8, 4) is 0 Å². The fourth-order valence-corrected chi connectivity index (χ4v) is 1.97. The van der Waals surface area contributed by atoms with Gasteiger partial charge in [-0.1, -0.05) is 12.1 Å². The van der Waals surface area contributed by atoms with Gasteiger partial charge in [0, 0.05) is 18.0 Å². The van der Waals surface area contributed by atoms with E-state index in [1.165, 1.54) is 0 Å². The van der Waals surface area contributed by atoms with Gasteiger partial charge >= 0.3 is 12.4 Å². The minimum atomic E-state index is -4.62. The Hall–Kier alpha value is -2.09. The zero-order chi connectivity index (χ0) is 16.5. The summed E-state index contributed by atoms with van der Waals surface area (Å²) in [6.07, 6.45) is -7.20. The Balaban J connectivity index is 2.39. The molecule has 0 aliphatic carbocycles. The fourth-order valence-electron chi connectivity index (χ4n) is 1.97. The van der Waals surface area contributed by atoms with Crippen molar-refractivity contribution in [3.05, 3.63) is 65.0 Å². The van der Waals surface area contributed by atoms with E-state index in [2.05, 4.69) is 4.98 Å². The topological polar surface area (TPSA) is 38.9 Å². The van der Waals surface area contributed by atoms with Gasteiger partial charge in [0.1, 0.15) is 0 Å². The SMILES string of the molecule is N[C@@H](c1ccc(C(F)(F)F)cc1)c1cnccc1C(F)(F)F. The van der Waals surface area contributed by atoms with Crippen LogP contribution in [-0.2, 0) is 12.4 Å². The molecule has 0 aliphatic heterocycles. The molecule has 0 unspecified atom stereocenters. The predicted octanol–water partition coefficient (Wildman–Crippen LogP) is 4.17. The van der Waals surface area contributed by atoms with E-state index < -0.39 is 29.5 Å². The first-order valence-electron chi connectivity index (χ1n) is 6.04. The van der Waals surface area contributed by atoms with Gasteiger partial charge in [-0.25, -0.2) is 0 Å². The van der Waals surface area contributed by atoms with Gasteiger partial charge in [0.2, 0.25) is 0 Å². The lowest BCUT2D eigenvalue weighted by Crippen LogP contribution is -2.19. The van der Waals surface area contributed by atoms with Gasteiger partial charge in [-0.05, 0) is 23.8 Å². The molecule has 0 amide bonds. The van der Waals surface area contributed by atoms with Crippen LogP contribution in [-0.4, -0.2) is 4.98 Å². The molecule has 1 aromatic carbocycles. The molecule has 1 heterocycles. The molecule has 118 valence electrons. The summed E-state index contributed by atoms with van der Waals surface area (Å²) in [6, 6.07) is 3.21. The minimum absolute atomic E-state index is 0.131. The highest BCUT2D eigenvalue weighted by molar-refractivity contribution is 5.37. The molecule has 8 heteroatoms. The molecule has 0 saturated heterocycles.